The summed E-state index contributed by atoms with van der Waals surface area (Å²) in [5.74, 6) is 0.0768. The Balaban J connectivity index is 1.99. The maximum absolute atomic E-state index is 12.2. The summed E-state index contributed by atoms with van der Waals surface area (Å²) in [5, 5.41) is 19.8. The summed E-state index contributed by atoms with van der Waals surface area (Å²) in [6.07, 6.45) is 0.393. The molecule has 0 fully saturated rings. The lowest BCUT2D eigenvalue weighted by molar-refractivity contribution is -0.116. The molecule has 0 saturated carbocycles. The van der Waals surface area contributed by atoms with Crippen LogP contribution in [0.5, 0.6) is 11.5 Å². The topological polar surface area (TPSA) is 126 Å². The molecule has 0 aliphatic heterocycles. The van der Waals surface area contributed by atoms with Gasteiger partial charge in [-0.1, -0.05) is 26.0 Å². The molecule has 32 heavy (non-hydrogen) atoms. The number of rotatable bonds is 8. The number of benzene rings is 3. The molecule has 1 amide bonds. The number of ether oxygens (including phenoxy) is 1. The summed E-state index contributed by atoms with van der Waals surface area (Å²) in [7, 11) is 0. The highest BCUT2D eigenvalue weighted by Gasteiger charge is 2.13. The number of hydrogen-bond donors (Lipinski definition) is 4. The molecule has 5 N–H and O–H groups in total. The van der Waals surface area contributed by atoms with Crippen molar-refractivity contribution in [3.05, 3.63) is 77.9 Å². The average Bonchev–Trinajstić information content (AvgIpc) is 2.74. The van der Waals surface area contributed by atoms with E-state index in [4.69, 9.17) is 15.9 Å². The second-order valence-electron chi connectivity index (χ2n) is 7.78. The number of nitrogens with two attached hydrogens (primary N) is 1. The Labute approximate surface area is 186 Å². The smallest absolute Gasteiger partial charge is 0.335 e. The van der Waals surface area contributed by atoms with Crippen LogP contribution in [0.25, 0.3) is 11.1 Å². The third-order valence-electron chi connectivity index (χ3n) is 4.67. The number of amides is 1. The average molecular weight is 431 g/mol. The van der Waals surface area contributed by atoms with Crippen molar-refractivity contribution in [1.29, 1.82) is 5.41 Å². The Bertz CT molecular complexity index is 1150. The van der Waals surface area contributed by atoms with Gasteiger partial charge in [-0.3, -0.25) is 10.2 Å². The van der Waals surface area contributed by atoms with Gasteiger partial charge in [-0.2, -0.15) is 0 Å². The van der Waals surface area contributed by atoms with Crippen LogP contribution in [0.4, 0.5) is 5.69 Å². The number of aromatic carboxylic acids is 1. The predicted molar refractivity (Wildman–Crippen MR) is 124 cm³/mol. The van der Waals surface area contributed by atoms with Crippen molar-refractivity contribution in [3.63, 3.8) is 0 Å². The first-order valence-electron chi connectivity index (χ1n) is 10.1. The molecule has 7 nitrogen and oxygen atoms in total. The third-order valence-corrected chi connectivity index (χ3v) is 4.67. The van der Waals surface area contributed by atoms with E-state index in [2.05, 4.69) is 5.32 Å². The van der Waals surface area contributed by atoms with Gasteiger partial charge in [0.05, 0.1) is 5.56 Å². The molecule has 3 rings (SSSR count). The van der Waals surface area contributed by atoms with Gasteiger partial charge >= 0.3 is 5.97 Å². The molecular weight excluding hydrogens is 406 g/mol. The molecule has 7 heteroatoms. The molecule has 0 heterocycles. The first-order valence-corrected chi connectivity index (χ1v) is 10.1. The molecule has 0 aromatic heterocycles. The van der Waals surface area contributed by atoms with Gasteiger partial charge in [0.25, 0.3) is 0 Å². The molecule has 0 saturated heterocycles. The maximum Gasteiger partial charge on any atom is 0.335 e. The first kappa shape index (κ1) is 22.6. The van der Waals surface area contributed by atoms with Crippen LogP contribution in [-0.2, 0) is 4.79 Å². The number of carboxylic acid groups (broad SMARTS) is 1. The maximum atomic E-state index is 12.2. The molecule has 3 aromatic rings. The predicted octanol–water partition coefficient (Wildman–Crippen LogP) is 5.11. The van der Waals surface area contributed by atoms with Gasteiger partial charge < -0.3 is 20.9 Å². The number of anilines is 1. The lowest BCUT2D eigenvalue weighted by atomic mass is 10.0. The zero-order valence-electron chi connectivity index (χ0n) is 17.9. The van der Waals surface area contributed by atoms with Crippen molar-refractivity contribution >= 4 is 23.4 Å². The van der Waals surface area contributed by atoms with Crippen molar-refractivity contribution in [1.82, 2.24) is 0 Å². The molecule has 0 atom stereocenters. The van der Waals surface area contributed by atoms with Gasteiger partial charge in [0.15, 0.2) is 0 Å². The highest BCUT2D eigenvalue weighted by molar-refractivity contribution is 5.95. The summed E-state index contributed by atoms with van der Waals surface area (Å²) in [6.45, 7) is 3.94. The van der Waals surface area contributed by atoms with Crippen LogP contribution in [0.3, 0.4) is 0 Å². The van der Waals surface area contributed by atoms with E-state index in [1.165, 1.54) is 6.07 Å². The van der Waals surface area contributed by atoms with Crippen molar-refractivity contribution in [2.45, 2.75) is 20.3 Å². The molecule has 3 aromatic carbocycles. The molecule has 0 radical (unpaired) electrons. The van der Waals surface area contributed by atoms with Gasteiger partial charge in [0.1, 0.15) is 17.3 Å². The number of nitrogen functional groups attached to an aromatic ring is 1. The van der Waals surface area contributed by atoms with Crippen molar-refractivity contribution in [2.24, 2.45) is 11.7 Å². The number of carbonyl (C=O) groups excluding carboxylic acids is 1. The lowest BCUT2D eigenvalue weighted by Gasteiger charge is -2.15. The molecule has 0 unspecified atom stereocenters. The SMILES string of the molecule is CC(C)CC(=O)Nc1ccc(Oc2ccc(C(=N)N)cc2)c(-c2cccc(C(=O)O)c2)c1. The fraction of sp³-hybridized carbons (Fsp3) is 0.160. The van der Waals surface area contributed by atoms with Crippen LogP contribution in [-0.4, -0.2) is 22.8 Å². The monoisotopic (exact) mass is 431 g/mol. The largest absolute Gasteiger partial charge is 0.478 e. The normalized spacial score (nSPS) is 10.6. The number of carbonyl (C=O) groups is 2. The van der Waals surface area contributed by atoms with Crippen LogP contribution in [0, 0.1) is 11.3 Å². The van der Waals surface area contributed by atoms with E-state index in [0.717, 1.165) is 0 Å². The molecule has 164 valence electrons. The number of nitrogens with one attached hydrogen (secondary N) is 2. The molecule has 0 spiro atoms. The van der Waals surface area contributed by atoms with Gasteiger partial charge in [-0.05, 0) is 66.1 Å². The van der Waals surface area contributed by atoms with Crippen molar-refractivity contribution < 1.29 is 19.4 Å². The van der Waals surface area contributed by atoms with Gasteiger partial charge in [-0.15, -0.1) is 0 Å². The Hall–Kier alpha value is -4.13. The highest BCUT2D eigenvalue weighted by atomic mass is 16.5. The van der Waals surface area contributed by atoms with Gasteiger partial charge in [-0.25, -0.2) is 4.79 Å². The summed E-state index contributed by atoms with van der Waals surface area (Å²) >= 11 is 0. The van der Waals surface area contributed by atoms with Gasteiger partial charge in [0, 0.05) is 23.2 Å². The van der Waals surface area contributed by atoms with Gasteiger partial charge in [0.2, 0.25) is 5.91 Å². The molecule has 0 bridgehead atoms. The van der Waals surface area contributed by atoms with E-state index >= 15 is 0 Å². The molecular formula is C25H25N3O4. The minimum atomic E-state index is -1.03. The summed E-state index contributed by atoms with van der Waals surface area (Å²) in [4.78, 5) is 23.7. The zero-order chi connectivity index (χ0) is 23.3. The summed E-state index contributed by atoms with van der Waals surface area (Å²) in [5.41, 5.74) is 8.09. The zero-order valence-corrected chi connectivity index (χ0v) is 17.9. The number of amidine groups is 1. The molecule has 0 aliphatic rings. The Morgan fingerprint density at radius 1 is 1.03 bits per heavy atom. The first-order chi connectivity index (χ1) is 15.2. The van der Waals surface area contributed by atoms with E-state index in [9.17, 15) is 14.7 Å². The van der Waals surface area contributed by atoms with E-state index in [1.807, 2.05) is 13.8 Å². The van der Waals surface area contributed by atoms with E-state index < -0.39 is 5.97 Å². The lowest BCUT2D eigenvalue weighted by Crippen LogP contribution is -2.13. The standard InChI is InChI=1S/C25H25N3O4/c1-15(2)12-23(29)28-19-8-11-22(32-20-9-6-16(7-10-20)24(26)27)21(14-19)17-4-3-5-18(13-17)25(30)31/h3-11,13-15H,12H2,1-2H3,(H3,26,27)(H,28,29)(H,30,31). The van der Waals surface area contributed by atoms with Crippen LogP contribution in [0.15, 0.2) is 66.7 Å². The number of carboxylic acids is 1. The minimum Gasteiger partial charge on any atom is -0.478 e. The fourth-order valence-electron chi connectivity index (χ4n) is 3.15. The Morgan fingerprint density at radius 2 is 1.75 bits per heavy atom. The summed E-state index contributed by atoms with van der Waals surface area (Å²) in [6, 6.07) is 18.5. The third kappa shape index (κ3) is 5.72. The number of hydrogen-bond acceptors (Lipinski definition) is 4. The Kier molecular flexibility index (Phi) is 6.90. The second-order valence-corrected chi connectivity index (χ2v) is 7.78. The quantitative estimate of drug-likeness (QED) is 0.291. The van der Waals surface area contributed by atoms with Crippen molar-refractivity contribution in [3.8, 4) is 22.6 Å². The van der Waals surface area contributed by atoms with Crippen LogP contribution in [0.1, 0.15) is 36.2 Å². The Morgan fingerprint density at radius 3 is 2.38 bits per heavy atom. The summed E-state index contributed by atoms with van der Waals surface area (Å²) < 4.78 is 6.05. The second kappa shape index (κ2) is 9.78. The molecule has 0 aliphatic carbocycles. The van der Waals surface area contributed by atoms with Crippen LogP contribution < -0.4 is 15.8 Å². The van der Waals surface area contributed by atoms with Crippen molar-refractivity contribution in [2.75, 3.05) is 5.32 Å². The van der Waals surface area contributed by atoms with E-state index in [1.54, 1.807) is 60.7 Å². The fourth-order valence-corrected chi connectivity index (χ4v) is 3.15. The highest BCUT2D eigenvalue weighted by Crippen LogP contribution is 2.36. The van der Waals surface area contributed by atoms with E-state index in [-0.39, 0.29) is 23.2 Å². The minimum absolute atomic E-state index is 0.0378. The van der Waals surface area contributed by atoms with Crippen LogP contribution in [0.2, 0.25) is 0 Å². The van der Waals surface area contributed by atoms with Crippen LogP contribution >= 0.6 is 0 Å². The van der Waals surface area contributed by atoms with E-state index in [0.29, 0.717) is 40.3 Å².